The molecule has 5 rings (SSSR count). The number of hydrogen-bond acceptors (Lipinski definition) is 2. The number of halogens is 2. The second-order valence-corrected chi connectivity index (χ2v) is 6.13. The third-order valence-corrected chi connectivity index (χ3v) is 4.04. The maximum atomic E-state index is 9.66. The molecule has 2 aliphatic rings. The number of aromatic amines is 2. The first-order valence-electron chi connectivity index (χ1n) is 8.13. The Bertz CT molecular complexity index is 1020. The van der Waals surface area contributed by atoms with E-state index in [9.17, 15) is 7.10 Å². The van der Waals surface area contributed by atoms with Crippen molar-refractivity contribution >= 4 is 46.4 Å². The summed E-state index contributed by atoms with van der Waals surface area (Å²) in [5.74, 6) is 0. The second kappa shape index (κ2) is 7.70. The molecule has 3 aromatic rings. The van der Waals surface area contributed by atoms with Crippen molar-refractivity contribution < 1.29 is 23.0 Å². The van der Waals surface area contributed by atoms with Crippen molar-refractivity contribution in [2.24, 2.45) is 0 Å². The van der Waals surface area contributed by atoms with Crippen LogP contribution in [0.4, 0.5) is 7.10 Å². The van der Waals surface area contributed by atoms with Crippen molar-refractivity contribution in [2.75, 3.05) is 0 Å². The topological polar surface area (TPSA) is 57.4 Å². The van der Waals surface area contributed by atoms with E-state index in [1.165, 1.54) is 0 Å². The van der Waals surface area contributed by atoms with Crippen LogP contribution in [0.2, 0.25) is 0 Å². The third kappa shape index (κ3) is 4.22. The van der Waals surface area contributed by atoms with Crippen molar-refractivity contribution in [2.45, 2.75) is 0 Å². The molecule has 0 saturated heterocycles. The Hall–Kier alpha value is -3.02. The van der Waals surface area contributed by atoms with Gasteiger partial charge in [-0.15, -0.1) is 0 Å². The molecular weight excluding hydrogens is 389 g/mol. The van der Waals surface area contributed by atoms with E-state index in [0.29, 0.717) is 0 Å². The molecule has 0 aromatic carbocycles. The van der Waals surface area contributed by atoms with E-state index in [1.807, 2.05) is 48.6 Å². The average Bonchev–Trinajstić information content (AvgIpc) is 3.41. The van der Waals surface area contributed by atoms with E-state index in [1.54, 1.807) is 0 Å². The van der Waals surface area contributed by atoms with Gasteiger partial charge in [0.2, 0.25) is 0 Å². The minimum atomic E-state index is -1.94. The molecule has 2 N–H and O–H groups in total. The summed E-state index contributed by atoms with van der Waals surface area (Å²) < 4.78 is 19.3. The fraction of sp³-hybridized carbons (Fsp3) is 0. The summed E-state index contributed by atoms with van der Waals surface area (Å²) in [4.78, 5) is 16.0. The molecule has 0 spiro atoms. The molecule has 0 unspecified atom stereocenters. The van der Waals surface area contributed by atoms with E-state index in [0.717, 1.165) is 44.8 Å². The number of nitrogens with one attached hydrogen (secondary N) is 2. The zero-order chi connectivity index (χ0) is 18.6. The van der Waals surface area contributed by atoms with Crippen LogP contribution in [0.25, 0.3) is 46.4 Å². The number of H-pyrrole nitrogens is 2. The van der Waals surface area contributed by atoms with Gasteiger partial charge in [-0.2, -0.15) is 0 Å². The fourth-order valence-corrected chi connectivity index (χ4v) is 2.94. The molecular formula is C20H14F2MnN4. The first-order valence-corrected chi connectivity index (χ1v) is 9.02. The number of nitrogens with zero attached hydrogens (tertiary/aromatic N) is 2. The summed E-state index contributed by atoms with van der Waals surface area (Å²) in [5, 5.41) is 0. The molecule has 2 aliphatic heterocycles. The van der Waals surface area contributed by atoms with Gasteiger partial charge in [0, 0.05) is 22.1 Å². The van der Waals surface area contributed by atoms with Crippen LogP contribution in [0, 0.1) is 0 Å². The van der Waals surface area contributed by atoms with Gasteiger partial charge in [0.15, 0.2) is 0 Å². The second-order valence-electron chi connectivity index (χ2n) is 5.96. The molecule has 135 valence electrons. The van der Waals surface area contributed by atoms with Crippen LogP contribution < -0.4 is 0 Å². The van der Waals surface area contributed by atoms with Crippen molar-refractivity contribution in [3.05, 3.63) is 71.3 Å². The van der Waals surface area contributed by atoms with Gasteiger partial charge < -0.3 is 9.97 Å². The summed E-state index contributed by atoms with van der Waals surface area (Å²) in [6.07, 6.45) is 8.09. The van der Waals surface area contributed by atoms with E-state index in [4.69, 9.17) is 0 Å². The van der Waals surface area contributed by atoms with Crippen molar-refractivity contribution in [3.63, 3.8) is 0 Å². The van der Waals surface area contributed by atoms with Crippen molar-refractivity contribution in [3.8, 4) is 0 Å². The molecule has 8 bridgehead atoms. The molecule has 0 radical (unpaired) electrons. The van der Waals surface area contributed by atoms with Gasteiger partial charge in [-0.05, 0) is 72.8 Å². The molecule has 7 heteroatoms. The monoisotopic (exact) mass is 403 g/mol. The van der Waals surface area contributed by atoms with E-state index < -0.39 is 15.9 Å². The van der Waals surface area contributed by atoms with E-state index in [2.05, 4.69) is 44.2 Å². The van der Waals surface area contributed by atoms with Crippen LogP contribution >= 0.6 is 0 Å². The Labute approximate surface area is 160 Å². The van der Waals surface area contributed by atoms with Gasteiger partial charge in [0.25, 0.3) is 0 Å². The molecule has 0 amide bonds. The maximum absolute atomic E-state index is 9.66. The van der Waals surface area contributed by atoms with Gasteiger partial charge >= 0.3 is 23.0 Å². The number of rotatable bonds is 0. The molecule has 5 heterocycles. The summed E-state index contributed by atoms with van der Waals surface area (Å²) in [6.45, 7) is 0. The standard InChI is InChI=1S/C20H14N4.2FH.Mn/c1-2-14-10-16-5-6-18(23-16)12-20-8-7-19(24-20)11-17-4-3-15(22-17)9-13(1)21-14;;;/h1-12,21,24H;2*1H;/q;;;+2/p-2. The zero-order valence-electron chi connectivity index (χ0n) is 14.0. The summed E-state index contributed by atoms with van der Waals surface area (Å²) in [7, 11) is 0. The van der Waals surface area contributed by atoms with E-state index in [-0.39, 0.29) is 0 Å². The minimum absolute atomic E-state index is 0.939. The first-order chi connectivity index (χ1) is 13.2. The molecule has 27 heavy (non-hydrogen) atoms. The third-order valence-electron chi connectivity index (χ3n) is 4.04. The van der Waals surface area contributed by atoms with Gasteiger partial charge in [-0.25, -0.2) is 9.97 Å². The molecule has 3 aromatic heterocycles. The quantitative estimate of drug-likeness (QED) is 0.336. The van der Waals surface area contributed by atoms with Crippen LogP contribution in [0.5, 0.6) is 0 Å². The molecule has 0 fully saturated rings. The Kier molecular flexibility index (Phi) is 4.96. The van der Waals surface area contributed by atoms with Gasteiger partial charge in [0.05, 0.1) is 22.8 Å². The Morgan fingerprint density at radius 1 is 0.556 bits per heavy atom. The Balaban J connectivity index is 0.000000565. The van der Waals surface area contributed by atoms with Crippen LogP contribution in [0.3, 0.4) is 0 Å². The van der Waals surface area contributed by atoms with Gasteiger partial charge in [-0.3, -0.25) is 0 Å². The normalized spacial score (nSPS) is 11.9. The van der Waals surface area contributed by atoms with Crippen molar-refractivity contribution in [1.82, 2.24) is 19.9 Å². The fourth-order valence-electron chi connectivity index (χ4n) is 2.94. The molecule has 0 atom stereocenters. The Morgan fingerprint density at radius 3 is 1.07 bits per heavy atom. The predicted octanol–water partition coefficient (Wildman–Crippen LogP) is 5.49. The van der Waals surface area contributed by atoms with Crippen LogP contribution in [-0.4, -0.2) is 19.9 Å². The van der Waals surface area contributed by atoms with Crippen LogP contribution in [0.1, 0.15) is 22.8 Å². The SMILES string of the molecule is C1=Cc2cc3ccc(cc4nc(cc5ccc(cc1n2)[nH]5)C=C4)[nH]3.[F][Mn][F]. The summed E-state index contributed by atoms with van der Waals surface area (Å²) in [5.41, 5.74) is 7.86. The Morgan fingerprint density at radius 2 is 0.815 bits per heavy atom. The first kappa shape index (κ1) is 17.4. The van der Waals surface area contributed by atoms with E-state index >= 15 is 0 Å². The number of hydrogen-bond donors (Lipinski definition) is 2. The molecule has 0 aliphatic carbocycles. The average molecular weight is 403 g/mol. The predicted molar refractivity (Wildman–Crippen MR) is 101 cm³/mol. The van der Waals surface area contributed by atoms with Crippen LogP contribution in [-0.2, 0) is 15.9 Å². The summed E-state index contributed by atoms with van der Waals surface area (Å²) in [6, 6.07) is 16.4. The van der Waals surface area contributed by atoms with Crippen LogP contribution in [0.15, 0.2) is 48.5 Å². The van der Waals surface area contributed by atoms with Crippen molar-refractivity contribution in [1.29, 1.82) is 0 Å². The zero-order valence-corrected chi connectivity index (χ0v) is 15.1. The molecule has 0 saturated carbocycles. The summed E-state index contributed by atoms with van der Waals surface area (Å²) >= 11 is -1.94. The van der Waals surface area contributed by atoms with Gasteiger partial charge in [0.1, 0.15) is 0 Å². The number of fused-ring (bicyclic) bond motifs is 8. The molecule has 4 nitrogen and oxygen atoms in total. The number of aromatic nitrogens is 4. The van der Waals surface area contributed by atoms with Gasteiger partial charge in [-0.1, -0.05) is 0 Å².